The molecule has 2 heterocycles. The molecule has 1 aliphatic heterocycles. The number of aromatic nitrogens is 1. The Morgan fingerprint density at radius 3 is 2.73 bits per heavy atom. The van der Waals surface area contributed by atoms with Crippen LogP contribution in [0.1, 0.15) is 31.0 Å². The van der Waals surface area contributed by atoms with E-state index in [1.807, 2.05) is 22.6 Å². The van der Waals surface area contributed by atoms with Crippen LogP contribution in [0.4, 0.5) is 0 Å². The van der Waals surface area contributed by atoms with E-state index >= 15 is 0 Å². The summed E-state index contributed by atoms with van der Waals surface area (Å²) < 4.78 is 8.60. The number of fused-ring (bicyclic) bond motifs is 1. The minimum absolute atomic E-state index is 0.0854. The van der Waals surface area contributed by atoms with Crippen molar-refractivity contribution in [3.8, 4) is 5.75 Å². The lowest BCUT2D eigenvalue weighted by molar-refractivity contribution is -0.139. The topological polar surface area (TPSA) is 80.9 Å². The maximum atomic E-state index is 13.6. The van der Waals surface area contributed by atoms with E-state index in [2.05, 4.69) is 20.9 Å². The van der Waals surface area contributed by atoms with E-state index in [9.17, 15) is 14.7 Å². The van der Waals surface area contributed by atoms with E-state index in [-0.39, 0.29) is 17.9 Å². The molecule has 4 rings (SSSR count). The van der Waals surface area contributed by atoms with Crippen LogP contribution in [-0.4, -0.2) is 22.2 Å². The number of halogens is 3. The van der Waals surface area contributed by atoms with E-state index in [4.69, 9.17) is 16.3 Å². The van der Waals surface area contributed by atoms with Gasteiger partial charge in [-0.15, -0.1) is 0 Å². The van der Waals surface area contributed by atoms with E-state index in [0.29, 0.717) is 40.3 Å². The van der Waals surface area contributed by atoms with Crippen LogP contribution in [0.2, 0.25) is 5.02 Å². The summed E-state index contributed by atoms with van der Waals surface area (Å²) in [5, 5.41) is 11.0. The Labute approximate surface area is 220 Å². The molecule has 0 saturated carbocycles. The van der Waals surface area contributed by atoms with Gasteiger partial charge in [0.25, 0.3) is 5.56 Å². The van der Waals surface area contributed by atoms with Crippen LogP contribution < -0.4 is 14.9 Å². The lowest BCUT2D eigenvalue weighted by atomic mass is 9.96. The highest BCUT2D eigenvalue weighted by molar-refractivity contribution is 14.1. The first-order chi connectivity index (χ1) is 15.7. The minimum Gasteiger partial charge on any atom is -0.506 e. The van der Waals surface area contributed by atoms with E-state index < -0.39 is 12.0 Å². The van der Waals surface area contributed by atoms with Gasteiger partial charge >= 0.3 is 5.97 Å². The summed E-state index contributed by atoms with van der Waals surface area (Å²) in [6.45, 7) is 3.66. The van der Waals surface area contributed by atoms with E-state index in [0.717, 1.165) is 4.47 Å². The number of ether oxygens (including phenoxy) is 1. The van der Waals surface area contributed by atoms with Gasteiger partial charge in [-0.2, -0.15) is 0 Å². The van der Waals surface area contributed by atoms with Gasteiger partial charge < -0.3 is 9.84 Å². The second-order valence-electron chi connectivity index (χ2n) is 7.18. The second kappa shape index (κ2) is 9.73. The smallest absolute Gasteiger partial charge is 0.338 e. The van der Waals surface area contributed by atoms with Gasteiger partial charge in [0.2, 0.25) is 0 Å². The number of esters is 1. The zero-order valence-electron chi connectivity index (χ0n) is 17.4. The normalized spacial score (nSPS) is 15.9. The maximum absolute atomic E-state index is 13.6. The van der Waals surface area contributed by atoms with Gasteiger partial charge in [-0.05, 0) is 72.3 Å². The Morgan fingerprint density at radius 2 is 2.06 bits per heavy atom. The lowest BCUT2D eigenvalue weighted by Gasteiger charge is -2.24. The molecule has 0 radical (unpaired) electrons. The van der Waals surface area contributed by atoms with Gasteiger partial charge in [0, 0.05) is 15.1 Å². The molecule has 0 fully saturated rings. The Bertz CT molecular complexity index is 1480. The largest absolute Gasteiger partial charge is 0.506 e. The van der Waals surface area contributed by atoms with Crippen LogP contribution in [0, 0.1) is 3.57 Å². The predicted molar refractivity (Wildman–Crippen MR) is 140 cm³/mol. The van der Waals surface area contributed by atoms with Gasteiger partial charge in [0.05, 0.1) is 32.0 Å². The van der Waals surface area contributed by atoms with Crippen LogP contribution in [0.5, 0.6) is 5.75 Å². The molecule has 0 spiro atoms. The number of phenolic OH excluding ortho intramolecular Hbond substituents is 1. The molecule has 1 aromatic heterocycles. The van der Waals surface area contributed by atoms with E-state index in [1.54, 1.807) is 56.3 Å². The molecule has 0 bridgehead atoms. The summed E-state index contributed by atoms with van der Waals surface area (Å²) in [6.07, 6.45) is 1.63. The average Bonchev–Trinajstić information content (AvgIpc) is 3.06. The van der Waals surface area contributed by atoms with Crippen LogP contribution in [0.15, 0.2) is 61.9 Å². The fraction of sp³-hybridized carbons (Fsp3) is 0.174. The van der Waals surface area contributed by atoms with Crippen molar-refractivity contribution in [1.29, 1.82) is 0 Å². The maximum Gasteiger partial charge on any atom is 0.338 e. The van der Waals surface area contributed by atoms with Crippen LogP contribution in [0.3, 0.4) is 0 Å². The first-order valence-electron chi connectivity index (χ1n) is 9.84. The van der Waals surface area contributed by atoms with Crippen LogP contribution in [0.25, 0.3) is 6.08 Å². The fourth-order valence-corrected chi connectivity index (χ4v) is 6.30. The summed E-state index contributed by atoms with van der Waals surface area (Å²) in [4.78, 5) is 31.4. The number of phenols is 1. The third kappa shape index (κ3) is 4.68. The number of allylic oxidation sites excluding steroid dienone is 1. The highest BCUT2D eigenvalue weighted by Crippen LogP contribution is 2.32. The molecule has 1 N–H and O–H groups in total. The van der Waals surface area contributed by atoms with Crippen molar-refractivity contribution in [2.45, 2.75) is 19.9 Å². The summed E-state index contributed by atoms with van der Waals surface area (Å²) in [5.41, 5.74) is 1.69. The molecule has 10 heteroatoms. The standard InChI is InChI=1S/C23H17BrClIN2O4S/c1-3-32-22(31)18-11(2)27-23-28(19(18)12-4-6-15(25)7-5-12)21(30)17(33-23)9-13-8-14(24)10-16(26)20(13)29/h4-10,19,29H,3H2,1-2H3/b17-9+/t19-/m1/s1. The molecular formula is C23H17BrClIN2O4S. The van der Waals surface area contributed by atoms with Crippen molar-refractivity contribution in [3.63, 3.8) is 0 Å². The molecule has 3 aromatic rings. The number of hydrogen-bond donors (Lipinski definition) is 1. The molecule has 6 nitrogen and oxygen atoms in total. The Balaban J connectivity index is 1.98. The van der Waals surface area contributed by atoms with Crippen LogP contribution >= 0.6 is 61.5 Å². The van der Waals surface area contributed by atoms with Crippen molar-refractivity contribution in [2.75, 3.05) is 6.61 Å². The van der Waals surface area contributed by atoms with Crippen molar-refractivity contribution in [2.24, 2.45) is 4.99 Å². The van der Waals surface area contributed by atoms with Crippen LogP contribution in [-0.2, 0) is 9.53 Å². The summed E-state index contributed by atoms with van der Waals surface area (Å²) in [7, 11) is 0. The number of benzene rings is 2. The second-order valence-corrected chi connectivity index (χ2v) is 10.7. The SMILES string of the molecule is CCOC(=O)C1=C(C)N=c2s/c(=C/c3cc(Br)cc(I)c3O)c(=O)n2[C@@H]1c1ccc(Cl)cc1. The van der Waals surface area contributed by atoms with Gasteiger partial charge in [-0.25, -0.2) is 9.79 Å². The van der Waals surface area contributed by atoms with Gasteiger partial charge in [-0.1, -0.05) is 51.0 Å². The number of carbonyl (C=O) groups is 1. The fourth-order valence-electron chi connectivity index (χ4n) is 3.59. The van der Waals surface area contributed by atoms with Gasteiger partial charge in [-0.3, -0.25) is 9.36 Å². The third-order valence-electron chi connectivity index (χ3n) is 5.05. The molecular weight excluding hydrogens is 643 g/mol. The Morgan fingerprint density at radius 1 is 1.36 bits per heavy atom. The van der Waals surface area contributed by atoms with Gasteiger partial charge in [0.1, 0.15) is 5.75 Å². The minimum atomic E-state index is -0.712. The first-order valence-corrected chi connectivity index (χ1v) is 12.9. The quantitative estimate of drug-likeness (QED) is 0.330. The predicted octanol–water partition coefficient (Wildman–Crippen LogP) is 4.52. The molecule has 170 valence electrons. The molecule has 1 aliphatic rings. The highest BCUT2D eigenvalue weighted by Gasteiger charge is 2.33. The molecule has 0 unspecified atom stereocenters. The third-order valence-corrected chi connectivity index (χ3v) is 7.56. The van der Waals surface area contributed by atoms with Crippen molar-refractivity contribution in [1.82, 2.24) is 4.57 Å². The molecule has 0 aliphatic carbocycles. The number of nitrogens with zero attached hydrogens (tertiary/aromatic N) is 2. The monoisotopic (exact) mass is 658 g/mol. The molecule has 1 atom stereocenters. The molecule has 0 amide bonds. The lowest BCUT2D eigenvalue weighted by Crippen LogP contribution is -2.39. The summed E-state index contributed by atoms with van der Waals surface area (Å²) in [5.74, 6) is -0.436. The summed E-state index contributed by atoms with van der Waals surface area (Å²) >= 11 is 12.7. The number of aromatic hydroxyl groups is 1. The highest BCUT2D eigenvalue weighted by atomic mass is 127. The number of thiazole rings is 1. The number of carbonyl (C=O) groups excluding carboxylic acids is 1. The number of hydrogen-bond acceptors (Lipinski definition) is 6. The molecule has 33 heavy (non-hydrogen) atoms. The van der Waals surface area contributed by atoms with Crippen molar-refractivity contribution in [3.05, 3.63) is 91.5 Å². The first kappa shape index (κ1) is 24.2. The molecule has 2 aromatic carbocycles. The van der Waals surface area contributed by atoms with Crippen molar-refractivity contribution >= 4 is 73.5 Å². The number of rotatable bonds is 4. The Hall–Kier alpha value is -1.95. The van der Waals surface area contributed by atoms with Gasteiger partial charge in [0.15, 0.2) is 4.80 Å². The average molecular weight is 660 g/mol. The zero-order valence-corrected chi connectivity index (χ0v) is 22.8. The van der Waals surface area contributed by atoms with E-state index in [1.165, 1.54) is 15.9 Å². The van der Waals surface area contributed by atoms with Crippen molar-refractivity contribution < 1.29 is 14.6 Å². The zero-order chi connectivity index (χ0) is 23.9. The Kier molecular flexibility index (Phi) is 7.13. The summed E-state index contributed by atoms with van der Waals surface area (Å²) in [6, 6.07) is 9.80. The molecule has 0 saturated heterocycles.